The molecule has 1 aromatic carbocycles. The highest BCUT2D eigenvalue weighted by Crippen LogP contribution is 2.20. The Bertz CT molecular complexity index is 473. The van der Waals surface area contributed by atoms with E-state index < -0.39 is 0 Å². The first-order valence-electron chi connectivity index (χ1n) is 9.19. The van der Waals surface area contributed by atoms with Gasteiger partial charge in [-0.3, -0.25) is 9.69 Å². The maximum absolute atomic E-state index is 12.1. The van der Waals surface area contributed by atoms with E-state index in [-0.39, 0.29) is 11.8 Å². The van der Waals surface area contributed by atoms with Crippen LogP contribution in [-0.4, -0.2) is 30.4 Å². The summed E-state index contributed by atoms with van der Waals surface area (Å²) in [4.78, 5) is 14.6. The molecule has 1 amide bonds. The van der Waals surface area contributed by atoms with Crippen LogP contribution in [0.4, 0.5) is 0 Å². The Hall–Kier alpha value is -1.35. The van der Waals surface area contributed by atoms with Crippen molar-refractivity contribution < 1.29 is 4.79 Å². The minimum Gasteiger partial charge on any atom is -0.356 e. The maximum Gasteiger partial charge on any atom is 0.223 e. The Balaban J connectivity index is 1.75. The van der Waals surface area contributed by atoms with E-state index in [1.165, 1.54) is 11.1 Å². The largest absolute Gasteiger partial charge is 0.356 e. The smallest absolute Gasteiger partial charge is 0.223 e. The zero-order chi connectivity index (χ0) is 16.7. The first-order valence-corrected chi connectivity index (χ1v) is 9.19. The number of carbonyl (C=O) groups excluding carboxylic acids is 1. The highest BCUT2D eigenvalue weighted by molar-refractivity contribution is 5.78. The van der Waals surface area contributed by atoms with Gasteiger partial charge in [-0.05, 0) is 49.4 Å². The fraction of sp³-hybridized carbons (Fsp3) is 0.650. The van der Waals surface area contributed by atoms with E-state index in [2.05, 4.69) is 55.3 Å². The predicted octanol–water partition coefficient (Wildman–Crippen LogP) is 3.94. The SMILES string of the molecule is CCCCNC(=O)C1CCN(Cc2ccc(C(C)C)cc2)CC1. The van der Waals surface area contributed by atoms with Crippen LogP contribution in [0.25, 0.3) is 0 Å². The number of unbranched alkanes of at least 4 members (excludes halogenated alkanes) is 1. The number of nitrogens with zero attached hydrogens (tertiary/aromatic N) is 1. The molecule has 0 radical (unpaired) electrons. The van der Waals surface area contributed by atoms with Crippen LogP contribution < -0.4 is 5.32 Å². The molecule has 3 heteroatoms. The molecular weight excluding hydrogens is 284 g/mol. The molecule has 0 unspecified atom stereocenters. The maximum atomic E-state index is 12.1. The minimum absolute atomic E-state index is 0.214. The fourth-order valence-electron chi connectivity index (χ4n) is 3.15. The van der Waals surface area contributed by atoms with Crippen molar-refractivity contribution in [3.05, 3.63) is 35.4 Å². The van der Waals surface area contributed by atoms with Gasteiger partial charge in [-0.25, -0.2) is 0 Å². The second kappa shape index (κ2) is 9.07. The van der Waals surface area contributed by atoms with Gasteiger partial charge >= 0.3 is 0 Å². The fourth-order valence-corrected chi connectivity index (χ4v) is 3.15. The summed E-state index contributed by atoms with van der Waals surface area (Å²) >= 11 is 0. The van der Waals surface area contributed by atoms with Gasteiger partial charge in [0.05, 0.1) is 0 Å². The second-order valence-electron chi connectivity index (χ2n) is 7.09. The van der Waals surface area contributed by atoms with Crippen molar-refractivity contribution in [3.8, 4) is 0 Å². The molecule has 1 heterocycles. The summed E-state index contributed by atoms with van der Waals surface area (Å²) in [7, 11) is 0. The number of hydrogen-bond donors (Lipinski definition) is 1. The van der Waals surface area contributed by atoms with Crippen LogP contribution in [-0.2, 0) is 11.3 Å². The first kappa shape index (κ1) is 18.0. The molecule has 0 aliphatic carbocycles. The van der Waals surface area contributed by atoms with Crippen LogP contribution in [0.3, 0.4) is 0 Å². The third kappa shape index (κ3) is 5.65. The third-order valence-electron chi connectivity index (χ3n) is 4.84. The molecule has 0 aromatic heterocycles. The van der Waals surface area contributed by atoms with Crippen molar-refractivity contribution in [1.29, 1.82) is 0 Å². The quantitative estimate of drug-likeness (QED) is 0.773. The number of hydrogen-bond acceptors (Lipinski definition) is 2. The van der Waals surface area contributed by atoms with Crippen LogP contribution in [0.1, 0.15) is 63.5 Å². The van der Waals surface area contributed by atoms with E-state index in [9.17, 15) is 4.79 Å². The monoisotopic (exact) mass is 316 g/mol. The van der Waals surface area contributed by atoms with Gasteiger partial charge in [-0.15, -0.1) is 0 Å². The van der Waals surface area contributed by atoms with E-state index in [1.54, 1.807) is 0 Å². The second-order valence-corrected chi connectivity index (χ2v) is 7.09. The van der Waals surface area contributed by atoms with E-state index in [4.69, 9.17) is 0 Å². The Morgan fingerprint density at radius 1 is 1.22 bits per heavy atom. The van der Waals surface area contributed by atoms with Crippen LogP contribution in [0.5, 0.6) is 0 Å². The van der Waals surface area contributed by atoms with Crippen LogP contribution >= 0.6 is 0 Å². The molecule has 1 N–H and O–H groups in total. The average molecular weight is 316 g/mol. The number of likely N-dealkylation sites (tertiary alicyclic amines) is 1. The molecule has 23 heavy (non-hydrogen) atoms. The zero-order valence-electron chi connectivity index (χ0n) is 15.0. The van der Waals surface area contributed by atoms with Crippen molar-refractivity contribution in [2.45, 2.75) is 58.9 Å². The van der Waals surface area contributed by atoms with Crippen LogP contribution in [0.15, 0.2) is 24.3 Å². The lowest BCUT2D eigenvalue weighted by Crippen LogP contribution is -2.40. The Labute approximate surface area is 141 Å². The highest BCUT2D eigenvalue weighted by Gasteiger charge is 2.24. The molecule has 0 atom stereocenters. The standard InChI is InChI=1S/C20H32N2O/c1-4-5-12-21-20(23)19-10-13-22(14-11-19)15-17-6-8-18(9-7-17)16(2)3/h6-9,16,19H,4-5,10-15H2,1-3H3,(H,21,23). The molecule has 1 aromatic rings. The van der Waals surface area contributed by atoms with Gasteiger partial charge in [-0.1, -0.05) is 51.5 Å². The zero-order valence-corrected chi connectivity index (χ0v) is 15.0. The van der Waals surface area contributed by atoms with Gasteiger partial charge < -0.3 is 5.32 Å². The van der Waals surface area contributed by atoms with E-state index >= 15 is 0 Å². The lowest BCUT2D eigenvalue weighted by Gasteiger charge is -2.31. The van der Waals surface area contributed by atoms with Crippen LogP contribution in [0, 0.1) is 5.92 Å². The van der Waals surface area contributed by atoms with Gasteiger partial charge in [0.25, 0.3) is 0 Å². The lowest BCUT2D eigenvalue weighted by atomic mass is 9.95. The van der Waals surface area contributed by atoms with E-state index in [0.29, 0.717) is 5.92 Å². The first-order chi connectivity index (χ1) is 11.1. The summed E-state index contributed by atoms with van der Waals surface area (Å²) in [6.07, 6.45) is 4.19. The molecule has 0 bridgehead atoms. The number of carbonyl (C=O) groups is 1. The van der Waals surface area contributed by atoms with Crippen molar-refractivity contribution >= 4 is 5.91 Å². The Morgan fingerprint density at radius 2 is 1.87 bits per heavy atom. The summed E-state index contributed by atoms with van der Waals surface area (Å²) in [5, 5.41) is 3.08. The van der Waals surface area contributed by atoms with Crippen molar-refractivity contribution in [2.75, 3.05) is 19.6 Å². The highest BCUT2D eigenvalue weighted by atomic mass is 16.1. The van der Waals surface area contributed by atoms with E-state index in [1.807, 2.05) is 0 Å². The third-order valence-corrected chi connectivity index (χ3v) is 4.84. The average Bonchev–Trinajstić information content (AvgIpc) is 2.56. The number of piperidine rings is 1. The summed E-state index contributed by atoms with van der Waals surface area (Å²) in [5.41, 5.74) is 2.77. The molecule has 0 saturated carbocycles. The normalized spacial score (nSPS) is 16.7. The van der Waals surface area contributed by atoms with Crippen molar-refractivity contribution in [1.82, 2.24) is 10.2 Å². The van der Waals surface area contributed by atoms with Gasteiger partial charge in [0.15, 0.2) is 0 Å². The molecule has 3 nitrogen and oxygen atoms in total. The van der Waals surface area contributed by atoms with Gasteiger partial charge in [0.2, 0.25) is 5.91 Å². The number of amides is 1. The Kier molecular flexibility index (Phi) is 7.10. The molecule has 2 rings (SSSR count). The predicted molar refractivity (Wildman–Crippen MR) is 96.4 cm³/mol. The molecule has 1 aliphatic rings. The topological polar surface area (TPSA) is 32.3 Å². The molecule has 0 spiro atoms. The van der Waals surface area contributed by atoms with Gasteiger partial charge in [0.1, 0.15) is 0 Å². The van der Waals surface area contributed by atoms with Crippen molar-refractivity contribution in [2.24, 2.45) is 5.92 Å². The van der Waals surface area contributed by atoms with Crippen LogP contribution in [0.2, 0.25) is 0 Å². The molecule has 128 valence electrons. The Morgan fingerprint density at radius 3 is 2.43 bits per heavy atom. The lowest BCUT2D eigenvalue weighted by molar-refractivity contribution is -0.126. The van der Waals surface area contributed by atoms with Crippen molar-refractivity contribution in [3.63, 3.8) is 0 Å². The minimum atomic E-state index is 0.214. The molecule has 1 fully saturated rings. The number of rotatable bonds is 7. The molecule has 1 saturated heterocycles. The number of benzene rings is 1. The summed E-state index contributed by atoms with van der Waals surface area (Å²) in [6, 6.07) is 8.99. The summed E-state index contributed by atoms with van der Waals surface area (Å²) < 4.78 is 0. The molecule has 1 aliphatic heterocycles. The molecular formula is C20H32N2O. The van der Waals surface area contributed by atoms with Gasteiger partial charge in [-0.2, -0.15) is 0 Å². The van der Waals surface area contributed by atoms with Gasteiger partial charge in [0, 0.05) is 19.0 Å². The summed E-state index contributed by atoms with van der Waals surface area (Å²) in [5.74, 6) is 1.07. The summed E-state index contributed by atoms with van der Waals surface area (Å²) in [6.45, 7) is 10.5. The van der Waals surface area contributed by atoms with E-state index in [0.717, 1.165) is 51.9 Å². The number of nitrogens with one attached hydrogen (secondary N) is 1.